The molecule has 0 aromatic heterocycles. The van der Waals surface area contributed by atoms with Gasteiger partial charge in [-0.1, -0.05) is 12.1 Å². The van der Waals surface area contributed by atoms with E-state index in [-0.39, 0.29) is 0 Å². The van der Waals surface area contributed by atoms with Gasteiger partial charge >= 0.3 is 0 Å². The van der Waals surface area contributed by atoms with Crippen molar-refractivity contribution >= 4 is 0 Å². The summed E-state index contributed by atoms with van der Waals surface area (Å²) in [6.07, 6.45) is 6.34. The molecule has 2 heteroatoms. The van der Waals surface area contributed by atoms with Gasteiger partial charge in [0.25, 0.3) is 0 Å². The second kappa shape index (κ2) is 5.17. The molecule has 1 aliphatic rings. The number of aromatic hydroxyl groups is 1. The second-order valence-electron chi connectivity index (χ2n) is 4.35. The molecule has 2 rings (SSSR count). The number of unbranched alkanes of at least 4 members (excludes halogenated alkanes) is 1. The smallest absolute Gasteiger partial charge is 0.115 e. The fourth-order valence-electron chi connectivity index (χ4n) is 1.71. The highest BCUT2D eigenvalue weighted by Gasteiger charge is 2.19. The summed E-state index contributed by atoms with van der Waals surface area (Å²) in [6.45, 7) is 1.16. The first-order valence-corrected chi connectivity index (χ1v) is 5.86. The lowest BCUT2D eigenvalue weighted by Crippen LogP contribution is -2.17. The highest BCUT2D eigenvalue weighted by atomic mass is 16.3. The molecule has 82 valence electrons. The molecule has 1 fully saturated rings. The summed E-state index contributed by atoms with van der Waals surface area (Å²) in [7, 11) is 0. The number of hydrogen-bond acceptors (Lipinski definition) is 2. The van der Waals surface area contributed by atoms with Crippen molar-refractivity contribution in [1.82, 2.24) is 5.32 Å². The van der Waals surface area contributed by atoms with Crippen LogP contribution in [0.5, 0.6) is 5.75 Å². The minimum atomic E-state index is 0.356. The third-order valence-corrected chi connectivity index (χ3v) is 2.84. The van der Waals surface area contributed by atoms with Crippen LogP contribution in [0.3, 0.4) is 0 Å². The number of phenolic OH excluding ortho intramolecular Hbond substituents is 1. The molecular formula is C13H19NO. The summed E-state index contributed by atoms with van der Waals surface area (Å²) in [5.41, 5.74) is 1.32. The van der Waals surface area contributed by atoms with E-state index in [0.29, 0.717) is 5.75 Å². The molecule has 0 bridgehead atoms. The number of rotatable bonds is 6. The molecule has 1 aliphatic carbocycles. The molecule has 1 saturated carbocycles. The zero-order valence-electron chi connectivity index (χ0n) is 9.08. The average Bonchev–Trinajstić information content (AvgIpc) is 3.04. The molecule has 1 aromatic carbocycles. The third-order valence-electron chi connectivity index (χ3n) is 2.84. The summed E-state index contributed by atoms with van der Waals surface area (Å²) in [6, 6.07) is 8.36. The minimum Gasteiger partial charge on any atom is -0.508 e. The Hall–Kier alpha value is -1.02. The molecule has 1 aromatic rings. The Bertz CT molecular complexity index is 290. The van der Waals surface area contributed by atoms with E-state index in [9.17, 15) is 0 Å². The van der Waals surface area contributed by atoms with Crippen molar-refractivity contribution in [2.24, 2.45) is 0 Å². The number of benzene rings is 1. The van der Waals surface area contributed by atoms with Gasteiger partial charge in [0.2, 0.25) is 0 Å². The normalized spacial score (nSPS) is 15.5. The molecule has 0 heterocycles. The van der Waals surface area contributed by atoms with Crippen molar-refractivity contribution in [2.45, 2.75) is 38.1 Å². The highest BCUT2D eigenvalue weighted by molar-refractivity contribution is 5.25. The molecule has 0 amide bonds. The van der Waals surface area contributed by atoms with Crippen molar-refractivity contribution in [3.8, 4) is 5.75 Å². The molecule has 0 radical (unpaired) electrons. The van der Waals surface area contributed by atoms with Crippen LogP contribution < -0.4 is 5.32 Å². The fourth-order valence-corrected chi connectivity index (χ4v) is 1.71. The largest absolute Gasteiger partial charge is 0.508 e. The molecule has 0 aliphatic heterocycles. The lowest BCUT2D eigenvalue weighted by Gasteiger charge is -2.03. The first kappa shape index (κ1) is 10.5. The summed E-state index contributed by atoms with van der Waals surface area (Å²) in [5, 5.41) is 12.6. The van der Waals surface area contributed by atoms with E-state index in [1.807, 2.05) is 12.1 Å². The van der Waals surface area contributed by atoms with Gasteiger partial charge in [0.1, 0.15) is 5.75 Å². The maximum atomic E-state index is 9.12. The van der Waals surface area contributed by atoms with Gasteiger partial charge in [0.05, 0.1) is 0 Å². The predicted molar refractivity (Wildman–Crippen MR) is 62.1 cm³/mol. The molecule has 15 heavy (non-hydrogen) atoms. The number of phenols is 1. The van der Waals surface area contributed by atoms with Gasteiger partial charge in [0, 0.05) is 6.04 Å². The van der Waals surface area contributed by atoms with Crippen LogP contribution in [-0.4, -0.2) is 17.7 Å². The van der Waals surface area contributed by atoms with E-state index in [1.165, 1.54) is 31.2 Å². The van der Waals surface area contributed by atoms with E-state index in [2.05, 4.69) is 5.32 Å². The number of hydrogen-bond donors (Lipinski definition) is 2. The quantitative estimate of drug-likeness (QED) is 0.699. The number of nitrogens with one attached hydrogen (secondary N) is 1. The Morgan fingerprint density at radius 3 is 2.53 bits per heavy atom. The summed E-state index contributed by atoms with van der Waals surface area (Å²) in [4.78, 5) is 0. The Labute approximate surface area is 91.3 Å². The zero-order chi connectivity index (χ0) is 10.5. The van der Waals surface area contributed by atoms with Crippen LogP contribution in [0.2, 0.25) is 0 Å². The van der Waals surface area contributed by atoms with Gasteiger partial charge in [-0.25, -0.2) is 0 Å². The maximum absolute atomic E-state index is 9.12. The van der Waals surface area contributed by atoms with Crippen molar-refractivity contribution in [1.29, 1.82) is 0 Å². The highest BCUT2D eigenvalue weighted by Crippen LogP contribution is 2.18. The van der Waals surface area contributed by atoms with Gasteiger partial charge in [-0.15, -0.1) is 0 Å². The van der Waals surface area contributed by atoms with E-state index in [1.54, 1.807) is 12.1 Å². The lowest BCUT2D eigenvalue weighted by atomic mass is 10.1. The molecule has 0 spiro atoms. The van der Waals surface area contributed by atoms with Gasteiger partial charge in [-0.2, -0.15) is 0 Å². The van der Waals surface area contributed by atoms with Crippen LogP contribution in [0.1, 0.15) is 31.2 Å². The Morgan fingerprint density at radius 1 is 1.13 bits per heavy atom. The zero-order valence-corrected chi connectivity index (χ0v) is 9.08. The lowest BCUT2D eigenvalue weighted by molar-refractivity contribution is 0.475. The minimum absolute atomic E-state index is 0.356. The van der Waals surface area contributed by atoms with E-state index < -0.39 is 0 Å². The Balaban J connectivity index is 1.58. The average molecular weight is 205 g/mol. The van der Waals surface area contributed by atoms with Crippen molar-refractivity contribution < 1.29 is 5.11 Å². The standard InChI is InChI=1S/C13H19NO/c15-13-8-4-11(5-9-13)3-1-2-10-14-12-6-7-12/h4-5,8-9,12,14-15H,1-3,6-7,10H2. The van der Waals surface area contributed by atoms with Crippen molar-refractivity contribution in [3.05, 3.63) is 29.8 Å². The van der Waals surface area contributed by atoms with Crippen molar-refractivity contribution in [2.75, 3.05) is 6.54 Å². The van der Waals surface area contributed by atoms with Crippen LogP contribution in [0.4, 0.5) is 0 Å². The number of aryl methyl sites for hydroxylation is 1. The molecule has 0 atom stereocenters. The summed E-state index contributed by atoms with van der Waals surface area (Å²) >= 11 is 0. The first-order chi connectivity index (χ1) is 7.34. The van der Waals surface area contributed by atoms with Gasteiger partial charge < -0.3 is 10.4 Å². The SMILES string of the molecule is Oc1ccc(CCCCNC2CC2)cc1. The third kappa shape index (κ3) is 3.92. The van der Waals surface area contributed by atoms with Crippen LogP contribution in [0.25, 0.3) is 0 Å². The van der Waals surface area contributed by atoms with Gasteiger partial charge in [-0.3, -0.25) is 0 Å². The van der Waals surface area contributed by atoms with Crippen LogP contribution in [0.15, 0.2) is 24.3 Å². The van der Waals surface area contributed by atoms with Crippen LogP contribution >= 0.6 is 0 Å². The van der Waals surface area contributed by atoms with Gasteiger partial charge in [-0.05, 0) is 56.3 Å². The topological polar surface area (TPSA) is 32.3 Å². The Kier molecular flexibility index (Phi) is 3.62. The Morgan fingerprint density at radius 2 is 1.87 bits per heavy atom. The molecule has 2 N–H and O–H groups in total. The van der Waals surface area contributed by atoms with Crippen LogP contribution in [0, 0.1) is 0 Å². The molecule has 0 unspecified atom stereocenters. The first-order valence-electron chi connectivity index (χ1n) is 5.86. The van der Waals surface area contributed by atoms with E-state index in [4.69, 9.17) is 5.11 Å². The molecule has 2 nitrogen and oxygen atoms in total. The maximum Gasteiger partial charge on any atom is 0.115 e. The van der Waals surface area contributed by atoms with E-state index in [0.717, 1.165) is 19.0 Å². The van der Waals surface area contributed by atoms with Crippen LogP contribution in [-0.2, 0) is 6.42 Å². The van der Waals surface area contributed by atoms with Crippen molar-refractivity contribution in [3.63, 3.8) is 0 Å². The monoisotopic (exact) mass is 205 g/mol. The summed E-state index contributed by atoms with van der Waals surface area (Å²) in [5.74, 6) is 0.356. The molecule has 0 saturated heterocycles. The molecular weight excluding hydrogens is 186 g/mol. The fraction of sp³-hybridized carbons (Fsp3) is 0.538. The van der Waals surface area contributed by atoms with E-state index >= 15 is 0 Å². The van der Waals surface area contributed by atoms with Gasteiger partial charge in [0.15, 0.2) is 0 Å². The predicted octanol–water partition coefficient (Wildman–Crippen LogP) is 2.47. The summed E-state index contributed by atoms with van der Waals surface area (Å²) < 4.78 is 0. The second-order valence-corrected chi connectivity index (χ2v) is 4.35.